The molecule has 0 aliphatic carbocycles. The molecule has 2 aromatic heterocycles. The average molecular weight is 321 g/mol. The number of hydrogen-bond acceptors (Lipinski definition) is 5. The molecule has 0 atom stereocenters. The summed E-state index contributed by atoms with van der Waals surface area (Å²) >= 11 is 0. The van der Waals surface area contributed by atoms with Gasteiger partial charge in [-0.2, -0.15) is 4.98 Å². The lowest BCUT2D eigenvalue weighted by Crippen LogP contribution is -2.14. The minimum absolute atomic E-state index is 0.0966. The molecule has 0 fully saturated rings. The molecule has 1 aromatic carbocycles. The van der Waals surface area contributed by atoms with Crippen molar-refractivity contribution in [2.75, 3.05) is 7.11 Å². The van der Waals surface area contributed by atoms with Gasteiger partial charge in [-0.1, -0.05) is 6.07 Å². The summed E-state index contributed by atoms with van der Waals surface area (Å²) in [4.78, 5) is 20.5. The van der Waals surface area contributed by atoms with Gasteiger partial charge in [0.2, 0.25) is 0 Å². The van der Waals surface area contributed by atoms with E-state index in [1.54, 1.807) is 30.6 Å². The van der Waals surface area contributed by atoms with E-state index in [-0.39, 0.29) is 11.3 Å². The van der Waals surface area contributed by atoms with Crippen LogP contribution >= 0.6 is 0 Å². The van der Waals surface area contributed by atoms with Gasteiger partial charge in [-0.05, 0) is 41.8 Å². The number of allylic oxidation sites excluding steroid dienone is 1. The highest BCUT2D eigenvalue weighted by Gasteiger charge is 2.20. The molecule has 0 saturated carbocycles. The standard InChI is InChI=1S/C18H15N3O3/c1-24-16-9-11(2-3-15(16)22)8-12-5-7-21-14-4-6-19-10-13(14)18(23)20-17(12)21/h2-4,6,8-10,22H,5,7H2,1H3/b12-8+. The van der Waals surface area contributed by atoms with Crippen molar-refractivity contribution >= 4 is 22.6 Å². The minimum Gasteiger partial charge on any atom is -0.504 e. The molecule has 1 aliphatic heterocycles. The third kappa shape index (κ3) is 2.23. The van der Waals surface area contributed by atoms with Crippen molar-refractivity contribution in [2.45, 2.75) is 13.0 Å². The predicted octanol–water partition coefficient (Wildman–Crippen LogP) is 2.45. The molecule has 3 heterocycles. The molecule has 0 radical (unpaired) electrons. The number of nitrogens with zero attached hydrogens (tertiary/aromatic N) is 3. The minimum atomic E-state index is -0.263. The maximum atomic E-state index is 12.2. The highest BCUT2D eigenvalue weighted by molar-refractivity contribution is 5.85. The third-order valence-corrected chi connectivity index (χ3v) is 4.22. The molecule has 6 heteroatoms. The zero-order chi connectivity index (χ0) is 16.7. The summed E-state index contributed by atoms with van der Waals surface area (Å²) in [5.74, 6) is 1.20. The number of phenols is 1. The second-order valence-corrected chi connectivity index (χ2v) is 5.64. The molecular formula is C18H15N3O3. The molecule has 0 saturated heterocycles. The smallest absolute Gasteiger partial charge is 0.282 e. The van der Waals surface area contributed by atoms with E-state index < -0.39 is 0 Å². The van der Waals surface area contributed by atoms with Gasteiger partial charge in [-0.15, -0.1) is 0 Å². The van der Waals surface area contributed by atoms with Crippen LogP contribution in [0.3, 0.4) is 0 Å². The Kier molecular flexibility index (Phi) is 3.30. The Balaban J connectivity index is 1.86. The van der Waals surface area contributed by atoms with Gasteiger partial charge in [-0.25, -0.2) is 0 Å². The molecule has 0 unspecified atom stereocenters. The van der Waals surface area contributed by atoms with Crippen molar-refractivity contribution in [1.82, 2.24) is 14.5 Å². The maximum absolute atomic E-state index is 12.2. The summed E-state index contributed by atoms with van der Waals surface area (Å²) < 4.78 is 7.18. The normalized spacial score (nSPS) is 15.0. The number of methoxy groups -OCH3 is 1. The summed E-state index contributed by atoms with van der Waals surface area (Å²) in [7, 11) is 1.51. The first-order valence-electron chi connectivity index (χ1n) is 7.60. The molecular weight excluding hydrogens is 306 g/mol. The highest BCUT2D eigenvalue weighted by atomic mass is 16.5. The average Bonchev–Trinajstić information content (AvgIpc) is 3.00. The SMILES string of the molecule is COc1cc(/C=C2\CCn3c2nc(=O)c2cnccc23)ccc1O. The predicted molar refractivity (Wildman–Crippen MR) is 90.9 cm³/mol. The van der Waals surface area contributed by atoms with E-state index in [9.17, 15) is 9.90 Å². The molecule has 0 bridgehead atoms. The van der Waals surface area contributed by atoms with Crippen molar-refractivity contribution in [1.29, 1.82) is 0 Å². The van der Waals surface area contributed by atoms with Gasteiger partial charge in [0.25, 0.3) is 5.56 Å². The topological polar surface area (TPSA) is 77.2 Å². The Bertz CT molecular complexity index is 1040. The fourth-order valence-electron chi connectivity index (χ4n) is 3.06. The van der Waals surface area contributed by atoms with Crippen LogP contribution in [0, 0.1) is 0 Å². The molecule has 0 spiro atoms. The summed E-state index contributed by atoms with van der Waals surface area (Å²) in [5.41, 5.74) is 2.46. The first-order valence-corrected chi connectivity index (χ1v) is 7.60. The van der Waals surface area contributed by atoms with Crippen molar-refractivity contribution in [2.24, 2.45) is 0 Å². The van der Waals surface area contributed by atoms with Gasteiger partial charge in [0, 0.05) is 18.9 Å². The van der Waals surface area contributed by atoms with E-state index in [0.717, 1.165) is 29.6 Å². The number of aromatic hydroxyl groups is 1. The number of aromatic nitrogens is 3. The maximum Gasteiger partial charge on any atom is 0.282 e. The monoisotopic (exact) mass is 321 g/mol. The van der Waals surface area contributed by atoms with Crippen LogP contribution in [0.4, 0.5) is 0 Å². The van der Waals surface area contributed by atoms with E-state index in [0.29, 0.717) is 17.0 Å². The lowest BCUT2D eigenvalue weighted by atomic mass is 10.1. The number of rotatable bonds is 2. The van der Waals surface area contributed by atoms with Gasteiger partial charge < -0.3 is 14.4 Å². The molecule has 0 amide bonds. The summed E-state index contributed by atoms with van der Waals surface area (Å²) in [5, 5.41) is 10.2. The van der Waals surface area contributed by atoms with E-state index in [2.05, 4.69) is 9.97 Å². The first kappa shape index (κ1) is 14.4. The molecule has 4 rings (SSSR count). The van der Waals surface area contributed by atoms with Crippen molar-refractivity contribution in [3.8, 4) is 11.5 Å². The first-order chi connectivity index (χ1) is 11.7. The van der Waals surface area contributed by atoms with E-state index >= 15 is 0 Å². The second kappa shape index (κ2) is 5.49. The lowest BCUT2D eigenvalue weighted by molar-refractivity contribution is 0.373. The largest absolute Gasteiger partial charge is 0.504 e. The van der Waals surface area contributed by atoms with E-state index in [1.165, 1.54) is 7.11 Å². The van der Waals surface area contributed by atoms with Crippen molar-refractivity contribution in [3.63, 3.8) is 0 Å². The van der Waals surface area contributed by atoms with Crippen LogP contribution in [-0.4, -0.2) is 26.8 Å². The Morgan fingerprint density at radius 2 is 2.21 bits per heavy atom. The zero-order valence-corrected chi connectivity index (χ0v) is 13.1. The molecule has 6 nitrogen and oxygen atoms in total. The van der Waals surface area contributed by atoms with Gasteiger partial charge in [0.15, 0.2) is 11.5 Å². The third-order valence-electron chi connectivity index (χ3n) is 4.22. The summed E-state index contributed by atoms with van der Waals surface area (Å²) in [6, 6.07) is 6.99. The van der Waals surface area contributed by atoms with Crippen molar-refractivity contribution in [3.05, 3.63) is 58.4 Å². The number of benzene rings is 1. The number of ether oxygens (including phenoxy) is 1. The van der Waals surface area contributed by atoms with Crippen LogP contribution < -0.4 is 10.3 Å². The van der Waals surface area contributed by atoms with Crippen LogP contribution in [0.15, 0.2) is 41.5 Å². The Hall–Kier alpha value is -3.15. The van der Waals surface area contributed by atoms with Gasteiger partial charge >= 0.3 is 0 Å². The molecule has 3 aromatic rings. The van der Waals surface area contributed by atoms with Crippen LogP contribution in [0.2, 0.25) is 0 Å². The summed E-state index contributed by atoms with van der Waals surface area (Å²) in [6.45, 7) is 0.768. The molecule has 1 aliphatic rings. The number of aryl methyl sites for hydroxylation is 1. The molecule has 1 N–H and O–H groups in total. The van der Waals surface area contributed by atoms with Crippen LogP contribution in [0.1, 0.15) is 17.8 Å². The Morgan fingerprint density at radius 1 is 1.33 bits per heavy atom. The Morgan fingerprint density at radius 3 is 3.04 bits per heavy atom. The number of pyridine rings is 1. The fourth-order valence-corrected chi connectivity index (χ4v) is 3.06. The fraction of sp³-hybridized carbons (Fsp3) is 0.167. The Labute approximate surface area is 137 Å². The van der Waals surface area contributed by atoms with Crippen LogP contribution in [0.25, 0.3) is 22.6 Å². The van der Waals surface area contributed by atoms with Crippen LogP contribution in [0.5, 0.6) is 11.5 Å². The quantitative estimate of drug-likeness (QED) is 0.784. The number of fused-ring (bicyclic) bond motifs is 3. The van der Waals surface area contributed by atoms with Gasteiger partial charge in [0.05, 0.1) is 18.0 Å². The van der Waals surface area contributed by atoms with Gasteiger partial charge in [0.1, 0.15) is 5.82 Å². The van der Waals surface area contributed by atoms with E-state index in [4.69, 9.17) is 4.74 Å². The van der Waals surface area contributed by atoms with Gasteiger partial charge in [-0.3, -0.25) is 9.78 Å². The van der Waals surface area contributed by atoms with Crippen molar-refractivity contribution < 1.29 is 9.84 Å². The number of hydrogen-bond donors (Lipinski definition) is 1. The zero-order valence-electron chi connectivity index (χ0n) is 13.1. The number of phenolic OH excluding ortho intramolecular Hbond substituents is 1. The summed E-state index contributed by atoms with van der Waals surface area (Å²) in [6.07, 6.45) is 6.00. The van der Waals surface area contributed by atoms with E-state index in [1.807, 2.05) is 16.7 Å². The highest BCUT2D eigenvalue weighted by Crippen LogP contribution is 2.32. The van der Waals surface area contributed by atoms with Crippen LogP contribution in [-0.2, 0) is 6.54 Å². The molecule has 24 heavy (non-hydrogen) atoms. The molecule has 120 valence electrons. The second-order valence-electron chi connectivity index (χ2n) is 5.64. The lowest BCUT2D eigenvalue weighted by Gasteiger charge is -2.07.